The van der Waals surface area contributed by atoms with Crippen molar-refractivity contribution in [1.29, 1.82) is 0 Å². The summed E-state index contributed by atoms with van der Waals surface area (Å²) < 4.78 is 7.07. The van der Waals surface area contributed by atoms with Gasteiger partial charge in [-0.05, 0) is 31.5 Å². The Morgan fingerprint density at radius 2 is 1.95 bits per heavy atom. The average molecular weight is 282 g/mol. The van der Waals surface area contributed by atoms with Gasteiger partial charge in [0, 0.05) is 24.8 Å². The van der Waals surface area contributed by atoms with Crippen LogP contribution in [0.4, 0.5) is 5.82 Å². The van der Waals surface area contributed by atoms with E-state index in [1.807, 2.05) is 16.8 Å². The second kappa shape index (κ2) is 7.04. The molecule has 2 aromatic rings. The van der Waals surface area contributed by atoms with Crippen LogP contribution in [0, 0.1) is 6.92 Å². The maximum Gasteiger partial charge on any atom is 0.151 e. The third kappa shape index (κ3) is 3.89. The van der Waals surface area contributed by atoms with Gasteiger partial charge in [-0.3, -0.25) is 4.68 Å². The Bertz CT molecular complexity index is 508. The highest BCUT2D eigenvalue weighted by Gasteiger charge is 2.03. The second-order valence-corrected chi connectivity index (χ2v) is 4.22. The highest BCUT2D eigenvalue weighted by atomic mass is 35.5. The Morgan fingerprint density at radius 1 is 1.26 bits per heavy atom. The van der Waals surface area contributed by atoms with Crippen LogP contribution >= 0.6 is 12.4 Å². The lowest BCUT2D eigenvalue weighted by molar-refractivity contribution is 0.414. The molecule has 0 fully saturated rings. The number of nitrogens with zero attached hydrogens (tertiary/aromatic N) is 2. The summed E-state index contributed by atoms with van der Waals surface area (Å²) in [4.78, 5) is 0. The predicted molar refractivity (Wildman–Crippen MR) is 80.2 cm³/mol. The molecule has 0 aliphatic rings. The summed E-state index contributed by atoms with van der Waals surface area (Å²) >= 11 is 0. The summed E-state index contributed by atoms with van der Waals surface area (Å²) in [6, 6.07) is 8.04. The zero-order valence-corrected chi connectivity index (χ0v) is 12.3. The molecule has 1 N–H and O–H groups in total. The molecule has 1 aromatic heterocycles. The maximum absolute atomic E-state index is 5.13. The van der Waals surface area contributed by atoms with Crippen molar-refractivity contribution in [1.82, 2.24) is 9.78 Å². The molecule has 0 spiro atoms. The molecule has 4 nitrogen and oxygen atoms in total. The molecule has 0 aliphatic heterocycles. The number of aromatic nitrogens is 2. The van der Waals surface area contributed by atoms with Gasteiger partial charge in [0.05, 0.1) is 7.11 Å². The molecule has 104 valence electrons. The molecule has 5 heteroatoms. The third-order valence-electron chi connectivity index (χ3n) is 2.89. The second-order valence-electron chi connectivity index (χ2n) is 4.22. The van der Waals surface area contributed by atoms with Gasteiger partial charge in [-0.1, -0.05) is 12.1 Å². The smallest absolute Gasteiger partial charge is 0.151 e. The van der Waals surface area contributed by atoms with Gasteiger partial charge in [0.1, 0.15) is 5.75 Å². The molecule has 0 radical (unpaired) electrons. The number of rotatable bonds is 5. The molecule has 0 bridgehead atoms. The molecule has 1 aromatic carbocycles. The van der Waals surface area contributed by atoms with E-state index in [2.05, 4.69) is 42.6 Å². The Morgan fingerprint density at radius 3 is 2.47 bits per heavy atom. The molecule has 2 rings (SSSR count). The fourth-order valence-electron chi connectivity index (χ4n) is 1.79. The van der Waals surface area contributed by atoms with Crippen molar-refractivity contribution < 1.29 is 4.74 Å². The first-order valence-corrected chi connectivity index (χ1v) is 6.13. The SMILES string of the molecule is CCn1cc(C)c(NCc2ccc(OC)cc2)n1.Cl. The maximum atomic E-state index is 5.13. The molecule has 1 heterocycles. The van der Waals surface area contributed by atoms with Gasteiger partial charge in [0.15, 0.2) is 5.82 Å². The first-order chi connectivity index (χ1) is 8.72. The van der Waals surface area contributed by atoms with E-state index in [0.29, 0.717) is 0 Å². The summed E-state index contributed by atoms with van der Waals surface area (Å²) in [6.45, 7) is 5.81. The lowest BCUT2D eigenvalue weighted by Gasteiger charge is -2.05. The zero-order chi connectivity index (χ0) is 13.0. The Balaban J connectivity index is 0.00000180. The van der Waals surface area contributed by atoms with Crippen LogP contribution in [0.15, 0.2) is 30.5 Å². The largest absolute Gasteiger partial charge is 0.497 e. The fourth-order valence-corrected chi connectivity index (χ4v) is 1.79. The lowest BCUT2D eigenvalue weighted by Crippen LogP contribution is -2.02. The molecule has 0 unspecified atom stereocenters. The van der Waals surface area contributed by atoms with Crippen molar-refractivity contribution in [3.63, 3.8) is 0 Å². The highest BCUT2D eigenvalue weighted by Crippen LogP contribution is 2.15. The number of hydrogen-bond donors (Lipinski definition) is 1. The van der Waals surface area contributed by atoms with E-state index in [1.165, 1.54) is 11.1 Å². The standard InChI is InChI=1S/C14H19N3O.ClH/c1-4-17-10-11(2)14(16-17)15-9-12-5-7-13(18-3)8-6-12;/h5-8,10H,4,9H2,1-3H3,(H,15,16);1H. The number of aryl methyl sites for hydroxylation is 2. The Labute approximate surface area is 120 Å². The number of halogens is 1. The van der Waals surface area contributed by atoms with Gasteiger partial charge in [0.2, 0.25) is 0 Å². The first kappa shape index (κ1) is 15.4. The van der Waals surface area contributed by atoms with Gasteiger partial charge in [0.25, 0.3) is 0 Å². The third-order valence-corrected chi connectivity index (χ3v) is 2.89. The van der Waals surface area contributed by atoms with E-state index in [-0.39, 0.29) is 12.4 Å². The lowest BCUT2D eigenvalue weighted by atomic mass is 10.2. The van der Waals surface area contributed by atoms with Crippen molar-refractivity contribution in [2.24, 2.45) is 0 Å². The van der Waals surface area contributed by atoms with E-state index in [0.717, 1.165) is 24.7 Å². The number of hydrogen-bond acceptors (Lipinski definition) is 3. The van der Waals surface area contributed by atoms with Crippen molar-refractivity contribution in [2.45, 2.75) is 26.9 Å². The Kier molecular flexibility index (Phi) is 5.70. The first-order valence-electron chi connectivity index (χ1n) is 6.13. The van der Waals surface area contributed by atoms with Crippen LogP contribution in [0.25, 0.3) is 0 Å². The van der Waals surface area contributed by atoms with E-state index in [4.69, 9.17) is 4.74 Å². The van der Waals surface area contributed by atoms with Crippen molar-refractivity contribution in [3.05, 3.63) is 41.6 Å². The van der Waals surface area contributed by atoms with Crippen molar-refractivity contribution in [3.8, 4) is 5.75 Å². The van der Waals surface area contributed by atoms with Crippen LogP contribution in [0.3, 0.4) is 0 Å². The van der Waals surface area contributed by atoms with Crippen LogP contribution in [-0.4, -0.2) is 16.9 Å². The Hall–Kier alpha value is -1.68. The molecule has 0 saturated carbocycles. The minimum absolute atomic E-state index is 0. The van der Waals surface area contributed by atoms with E-state index in [9.17, 15) is 0 Å². The van der Waals surface area contributed by atoms with Crippen molar-refractivity contribution in [2.75, 3.05) is 12.4 Å². The molecular weight excluding hydrogens is 262 g/mol. The average Bonchev–Trinajstić information content (AvgIpc) is 2.77. The van der Waals surface area contributed by atoms with Crippen LogP contribution in [0.1, 0.15) is 18.1 Å². The molecule has 19 heavy (non-hydrogen) atoms. The van der Waals surface area contributed by atoms with Gasteiger partial charge in [-0.25, -0.2) is 0 Å². The molecule has 0 saturated heterocycles. The summed E-state index contributed by atoms with van der Waals surface area (Å²) in [6.07, 6.45) is 2.05. The van der Waals surface area contributed by atoms with Crippen LogP contribution in [-0.2, 0) is 13.1 Å². The number of nitrogens with one attached hydrogen (secondary N) is 1. The van der Waals surface area contributed by atoms with Crippen LogP contribution < -0.4 is 10.1 Å². The van der Waals surface area contributed by atoms with Crippen molar-refractivity contribution >= 4 is 18.2 Å². The number of anilines is 1. The quantitative estimate of drug-likeness (QED) is 0.914. The van der Waals surface area contributed by atoms with Gasteiger partial charge >= 0.3 is 0 Å². The van der Waals surface area contributed by atoms with Gasteiger partial charge in [-0.2, -0.15) is 5.10 Å². The minimum atomic E-state index is 0. The number of ether oxygens (including phenoxy) is 1. The normalized spacial score (nSPS) is 9.84. The van der Waals surface area contributed by atoms with Gasteiger partial charge < -0.3 is 10.1 Å². The van der Waals surface area contributed by atoms with E-state index in [1.54, 1.807) is 7.11 Å². The monoisotopic (exact) mass is 281 g/mol. The summed E-state index contributed by atoms with van der Waals surface area (Å²) in [5.41, 5.74) is 2.38. The summed E-state index contributed by atoms with van der Waals surface area (Å²) in [5, 5.41) is 7.81. The fraction of sp³-hybridized carbons (Fsp3) is 0.357. The summed E-state index contributed by atoms with van der Waals surface area (Å²) in [7, 11) is 1.67. The highest BCUT2D eigenvalue weighted by molar-refractivity contribution is 5.85. The van der Waals surface area contributed by atoms with Gasteiger partial charge in [-0.15, -0.1) is 12.4 Å². The van der Waals surface area contributed by atoms with Crippen LogP contribution in [0.5, 0.6) is 5.75 Å². The minimum Gasteiger partial charge on any atom is -0.497 e. The van der Waals surface area contributed by atoms with E-state index >= 15 is 0 Å². The van der Waals surface area contributed by atoms with E-state index < -0.39 is 0 Å². The molecule has 0 amide bonds. The van der Waals surface area contributed by atoms with Crippen LogP contribution in [0.2, 0.25) is 0 Å². The number of benzene rings is 1. The zero-order valence-electron chi connectivity index (χ0n) is 11.5. The number of methoxy groups -OCH3 is 1. The predicted octanol–water partition coefficient (Wildman–Crippen LogP) is 3.25. The topological polar surface area (TPSA) is 39.1 Å². The molecule has 0 aliphatic carbocycles. The molecular formula is C14H20ClN3O. The molecule has 0 atom stereocenters. The summed E-state index contributed by atoms with van der Waals surface area (Å²) in [5.74, 6) is 1.83.